The normalized spacial score (nSPS) is 10.5. The maximum Gasteiger partial charge on any atom is 0.311 e. The highest BCUT2D eigenvalue weighted by molar-refractivity contribution is 5.97. The number of carboxylic acids is 1. The van der Waals surface area contributed by atoms with Crippen molar-refractivity contribution < 1.29 is 28.6 Å². The first-order valence-corrected chi connectivity index (χ1v) is 8.91. The van der Waals surface area contributed by atoms with E-state index < -0.39 is 5.97 Å². The molecule has 2 N–H and O–H groups in total. The second-order valence-corrected chi connectivity index (χ2v) is 5.94. The summed E-state index contributed by atoms with van der Waals surface area (Å²) in [7, 11) is 0. The van der Waals surface area contributed by atoms with E-state index in [1.54, 1.807) is 6.92 Å². The molecule has 0 aliphatic heterocycles. The van der Waals surface area contributed by atoms with Crippen molar-refractivity contribution in [2.45, 2.75) is 33.6 Å². The highest BCUT2D eigenvalue weighted by Crippen LogP contribution is 2.28. The molecule has 1 aromatic heterocycles. The van der Waals surface area contributed by atoms with Crippen molar-refractivity contribution in [1.29, 1.82) is 0 Å². The average Bonchev–Trinajstić information content (AvgIpc) is 2.97. The molecule has 1 amide bonds. The van der Waals surface area contributed by atoms with Gasteiger partial charge in [0.15, 0.2) is 11.5 Å². The van der Waals surface area contributed by atoms with Gasteiger partial charge in [0, 0.05) is 12.1 Å². The molecule has 7 heteroatoms. The molecule has 1 heterocycles. The monoisotopic (exact) mass is 375 g/mol. The Balaban J connectivity index is 2.00. The van der Waals surface area contributed by atoms with E-state index >= 15 is 0 Å². The molecule has 0 atom stereocenters. The molecule has 0 unspecified atom stereocenters. The SMILES string of the molecule is CCOc1ccc(CCNC(=O)c2c(C)coc2CC(=O)O)cc1OCC. The molecule has 7 nitrogen and oxygen atoms in total. The summed E-state index contributed by atoms with van der Waals surface area (Å²) in [4.78, 5) is 23.3. The lowest BCUT2D eigenvalue weighted by Gasteiger charge is -2.12. The summed E-state index contributed by atoms with van der Waals surface area (Å²) in [5.74, 6) is 0.152. The number of hydrogen-bond acceptors (Lipinski definition) is 5. The zero-order valence-electron chi connectivity index (χ0n) is 15.8. The summed E-state index contributed by atoms with van der Waals surface area (Å²) in [5.41, 5.74) is 1.90. The lowest BCUT2D eigenvalue weighted by atomic mass is 10.1. The molecule has 0 fully saturated rings. The first-order valence-electron chi connectivity index (χ1n) is 8.91. The quantitative estimate of drug-likeness (QED) is 0.662. The maximum atomic E-state index is 12.4. The van der Waals surface area contributed by atoms with Gasteiger partial charge in [-0.05, 0) is 44.9 Å². The number of aryl methyl sites for hydroxylation is 1. The van der Waals surface area contributed by atoms with Gasteiger partial charge in [0.1, 0.15) is 12.2 Å². The van der Waals surface area contributed by atoms with Gasteiger partial charge in [0.2, 0.25) is 0 Å². The van der Waals surface area contributed by atoms with E-state index in [0.29, 0.717) is 48.8 Å². The van der Waals surface area contributed by atoms with Gasteiger partial charge in [0.05, 0.1) is 25.0 Å². The summed E-state index contributed by atoms with van der Waals surface area (Å²) in [6.07, 6.45) is 1.67. The van der Waals surface area contributed by atoms with Gasteiger partial charge < -0.3 is 24.3 Å². The van der Waals surface area contributed by atoms with Crippen molar-refractivity contribution in [2.75, 3.05) is 19.8 Å². The first-order chi connectivity index (χ1) is 13.0. The second kappa shape index (κ2) is 9.66. The highest BCUT2D eigenvalue weighted by atomic mass is 16.5. The Morgan fingerprint density at radius 2 is 1.85 bits per heavy atom. The third-order valence-electron chi connectivity index (χ3n) is 3.90. The number of nitrogens with one attached hydrogen (secondary N) is 1. The fourth-order valence-corrected chi connectivity index (χ4v) is 2.73. The number of rotatable bonds is 10. The fourth-order valence-electron chi connectivity index (χ4n) is 2.73. The average molecular weight is 375 g/mol. The standard InChI is InChI=1S/C20H25NO6/c1-4-25-15-7-6-14(10-16(15)26-5-2)8-9-21-20(24)19-13(3)12-27-17(19)11-18(22)23/h6-7,10,12H,4-5,8-9,11H2,1-3H3,(H,21,24)(H,22,23). The highest BCUT2D eigenvalue weighted by Gasteiger charge is 2.20. The van der Waals surface area contributed by atoms with E-state index in [1.807, 2.05) is 32.0 Å². The topological polar surface area (TPSA) is 98.0 Å². The molecule has 0 spiro atoms. The van der Waals surface area contributed by atoms with Crippen LogP contribution in [0.5, 0.6) is 11.5 Å². The Labute approximate surface area is 158 Å². The molecular formula is C20H25NO6. The van der Waals surface area contributed by atoms with Crippen LogP contribution in [0.4, 0.5) is 0 Å². The third kappa shape index (κ3) is 5.51. The molecule has 27 heavy (non-hydrogen) atoms. The Kier molecular flexibility index (Phi) is 7.28. The number of carbonyl (C=O) groups is 2. The van der Waals surface area contributed by atoms with Gasteiger partial charge >= 0.3 is 5.97 Å². The summed E-state index contributed by atoms with van der Waals surface area (Å²) in [6.45, 7) is 7.02. The summed E-state index contributed by atoms with van der Waals surface area (Å²) < 4.78 is 16.3. The van der Waals surface area contributed by atoms with Crippen LogP contribution in [0.3, 0.4) is 0 Å². The summed E-state index contributed by atoms with van der Waals surface area (Å²) in [5, 5.41) is 11.7. The van der Waals surface area contributed by atoms with Gasteiger partial charge in [-0.25, -0.2) is 0 Å². The Hall–Kier alpha value is -2.96. The van der Waals surface area contributed by atoms with E-state index in [0.717, 1.165) is 5.56 Å². The molecule has 0 radical (unpaired) electrons. The van der Waals surface area contributed by atoms with Crippen LogP contribution < -0.4 is 14.8 Å². The minimum Gasteiger partial charge on any atom is -0.490 e. The molecule has 0 aliphatic rings. The van der Waals surface area contributed by atoms with Crippen LogP contribution in [-0.2, 0) is 17.6 Å². The molecule has 0 saturated heterocycles. The Morgan fingerprint density at radius 1 is 1.15 bits per heavy atom. The first kappa shape index (κ1) is 20.4. The molecule has 1 aromatic carbocycles. The number of amides is 1. The molecule has 0 saturated carbocycles. The molecule has 2 rings (SSSR count). The number of carboxylic acid groups (broad SMARTS) is 1. The van der Waals surface area contributed by atoms with Gasteiger partial charge in [-0.3, -0.25) is 9.59 Å². The number of carbonyl (C=O) groups excluding carboxylic acids is 1. The number of aliphatic carboxylic acids is 1. The minimum absolute atomic E-state index is 0.164. The predicted octanol–water partition coefficient (Wildman–Crippen LogP) is 2.99. The second-order valence-electron chi connectivity index (χ2n) is 5.94. The lowest BCUT2D eigenvalue weighted by Crippen LogP contribution is -2.27. The predicted molar refractivity (Wildman–Crippen MR) is 99.6 cm³/mol. The largest absolute Gasteiger partial charge is 0.490 e. The van der Waals surface area contributed by atoms with Crippen LogP contribution in [0.2, 0.25) is 0 Å². The number of hydrogen-bond donors (Lipinski definition) is 2. The van der Waals surface area contributed by atoms with E-state index in [9.17, 15) is 9.59 Å². The number of furan rings is 1. The van der Waals surface area contributed by atoms with E-state index in [1.165, 1.54) is 6.26 Å². The van der Waals surface area contributed by atoms with Crippen molar-refractivity contribution in [1.82, 2.24) is 5.32 Å². The van der Waals surface area contributed by atoms with E-state index in [-0.39, 0.29) is 18.1 Å². The molecular weight excluding hydrogens is 350 g/mol. The van der Waals surface area contributed by atoms with Crippen molar-refractivity contribution in [3.63, 3.8) is 0 Å². The molecule has 0 bridgehead atoms. The summed E-state index contributed by atoms with van der Waals surface area (Å²) in [6, 6.07) is 5.69. The van der Waals surface area contributed by atoms with E-state index in [2.05, 4.69) is 5.32 Å². The zero-order valence-corrected chi connectivity index (χ0v) is 15.8. The number of ether oxygens (including phenoxy) is 2. The van der Waals surface area contributed by atoms with Gasteiger partial charge in [0.25, 0.3) is 5.91 Å². The molecule has 146 valence electrons. The minimum atomic E-state index is -1.05. The maximum absolute atomic E-state index is 12.4. The smallest absolute Gasteiger partial charge is 0.311 e. The summed E-state index contributed by atoms with van der Waals surface area (Å²) >= 11 is 0. The van der Waals surface area contributed by atoms with Gasteiger partial charge in [-0.2, -0.15) is 0 Å². The fraction of sp³-hybridized carbons (Fsp3) is 0.400. The Bertz CT molecular complexity index is 796. The van der Waals surface area contributed by atoms with Gasteiger partial charge in [-0.1, -0.05) is 6.07 Å². The van der Waals surface area contributed by atoms with Crippen LogP contribution in [0.25, 0.3) is 0 Å². The van der Waals surface area contributed by atoms with Crippen molar-refractivity contribution in [2.24, 2.45) is 0 Å². The Morgan fingerprint density at radius 3 is 2.52 bits per heavy atom. The van der Waals surface area contributed by atoms with Crippen LogP contribution in [-0.4, -0.2) is 36.7 Å². The van der Waals surface area contributed by atoms with E-state index in [4.69, 9.17) is 19.0 Å². The van der Waals surface area contributed by atoms with Crippen molar-refractivity contribution in [3.8, 4) is 11.5 Å². The van der Waals surface area contributed by atoms with Gasteiger partial charge in [-0.15, -0.1) is 0 Å². The zero-order chi connectivity index (χ0) is 19.8. The molecule has 2 aromatic rings. The van der Waals surface area contributed by atoms with Crippen LogP contribution >= 0.6 is 0 Å². The molecule has 0 aliphatic carbocycles. The van der Waals surface area contributed by atoms with Crippen LogP contribution in [0.15, 0.2) is 28.9 Å². The van der Waals surface area contributed by atoms with Crippen LogP contribution in [0, 0.1) is 6.92 Å². The van der Waals surface area contributed by atoms with Crippen LogP contribution in [0.1, 0.15) is 41.1 Å². The number of benzene rings is 1. The van der Waals surface area contributed by atoms with Crippen molar-refractivity contribution in [3.05, 3.63) is 46.9 Å². The third-order valence-corrected chi connectivity index (χ3v) is 3.90. The lowest BCUT2D eigenvalue weighted by molar-refractivity contribution is -0.136. The van der Waals surface area contributed by atoms with Crippen molar-refractivity contribution >= 4 is 11.9 Å².